The van der Waals surface area contributed by atoms with Gasteiger partial charge in [-0.25, -0.2) is 9.18 Å². The molecule has 2 N–H and O–H groups in total. The van der Waals surface area contributed by atoms with Crippen molar-refractivity contribution >= 4 is 11.8 Å². The third-order valence-electron chi connectivity index (χ3n) is 5.44. The van der Waals surface area contributed by atoms with Crippen LogP contribution in [-0.4, -0.2) is 23.9 Å². The maximum Gasteiger partial charge on any atom is 0.412 e. The zero-order chi connectivity index (χ0) is 25.0. The molecule has 0 saturated heterocycles. The summed E-state index contributed by atoms with van der Waals surface area (Å²) in [6.07, 6.45) is -0.852. The number of hydrogen-bond donors (Lipinski definition) is 2. The molecule has 3 aromatic rings. The van der Waals surface area contributed by atoms with Crippen LogP contribution in [-0.2, 0) is 11.2 Å². The molecule has 0 aliphatic carbocycles. The highest BCUT2D eigenvalue weighted by molar-refractivity contribution is 5.85. The topological polar surface area (TPSA) is 67.8 Å². The first kappa shape index (κ1) is 25.2. The van der Waals surface area contributed by atoms with E-state index in [9.17, 15) is 14.3 Å². The number of hydrogen-bond acceptors (Lipinski definition) is 4. The zero-order valence-corrected chi connectivity index (χ0v) is 20.5. The molecular weight excluding hydrogens is 433 g/mol. The predicted octanol–water partition coefficient (Wildman–Crippen LogP) is 6.47. The minimum absolute atomic E-state index is 0.282. The number of ether oxygens (including phenoxy) is 2. The summed E-state index contributed by atoms with van der Waals surface area (Å²) >= 11 is 0. The van der Waals surface area contributed by atoms with Gasteiger partial charge in [-0.05, 0) is 104 Å². The molecule has 34 heavy (non-hydrogen) atoms. The molecule has 0 radical (unpaired) electrons. The maximum atomic E-state index is 13.3. The normalized spacial score (nSPS) is 12.2. The molecule has 3 rings (SSSR count). The molecule has 3 aromatic carbocycles. The van der Waals surface area contributed by atoms with E-state index in [2.05, 4.69) is 5.32 Å². The van der Waals surface area contributed by atoms with Gasteiger partial charge in [0.15, 0.2) is 0 Å². The molecule has 6 heteroatoms. The monoisotopic (exact) mass is 465 g/mol. The Morgan fingerprint density at radius 2 is 1.65 bits per heavy atom. The van der Waals surface area contributed by atoms with Gasteiger partial charge in [0.25, 0.3) is 0 Å². The van der Waals surface area contributed by atoms with Crippen molar-refractivity contribution in [2.75, 3.05) is 12.4 Å². The fraction of sp³-hybridized carbons (Fsp3) is 0.321. The van der Waals surface area contributed by atoms with Gasteiger partial charge in [0.05, 0.1) is 7.11 Å². The number of rotatable bonds is 6. The number of anilines is 1. The van der Waals surface area contributed by atoms with Gasteiger partial charge < -0.3 is 14.6 Å². The molecule has 0 fully saturated rings. The Kier molecular flexibility index (Phi) is 7.62. The highest BCUT2D eigenvalue weighted by Gasteiger charge is 2.20. The van der Waals surface area contributed by atoms with Gasteiger partial charge in [0, 0.05) is 12.1 Å². The predicted molar refractivity (Wildman–Crippen MR) is 132 cm³/mol. The molecule has 180 valence electrons. The minimum atomic E-state index is -0.867. The summed E-state index contributed by atoms with van der Waals surface area (Å²) in [6.45, 7) is 9.22. The third-order valence-corrected chi connectivity index (χ3v) is 5.44. The lowest BCUT2D eigenvalue weighted by atomic mass is 9.91. The average Bonchev–Trinajstić information content (AvgIpc) is 2.73. The van der Waals surface area contributed by atoms with Crippen LogP contribution in [0.3, 0.4) is 0 Å². The molecule has 1 unspecified atom stereocenters. The molecule has 0 saturated carbocycles. The zero-order valence-electron chi connectivity index (χ0n) is 20.5. The number of benzene rings is 3. The van der Waals surface area contributed by atoms with Gasteiger partial charge in [0.1, 0.15) is 23.3 Å². The third kappa shape index (κ3) is 6.35. The summed E-state index contributed by atoms with van der Waals surface area (Å²) in [5.74, 6) is 0.418. The van der Waals surface area contributed by atoms with Crippen LogP contribution in [0.5, 0.6) is 5.75 Å². The maximum absolute atomic E-state index is 13.3. The first-order valence-electron chi connectivity index (χ1n) is 11.2. The minimum Gasteiger partial charge on any atom is -0.496 e. The highest BCUT2D eigenvalue weighted by atomic mass is 19.1. The van der Waals surface area contributed by atoms with Crippen molar-refractivity contribution in [1.29, 1.82) is 0 Å². The summed E-state index contributed by atoms with van der Waals surface area (Å²) in [6, 6.07) is 15.6. The number of aliphatic hydroxyl groups is 1. The molecule has 0 aliphatic rings. The molecule has 1 amide bonds. The Balaban J connectivity index is 1.87. The molecule has 0 bridgehead atoms. The first-order valence-corrected chi connectivity index (χ1v) is 11.2. The Bertz CT molecular complexity index is 1140. The van der Waals surface area contributed by atoms with Crippen LogP contribution < -0.4 is 10.1 Å². The molecule has 1 atom stereocenters. The van der Waals surface area contributed by atoms with Crippen molar-refractivity contribution in [2.45, 2.75) is 52.7 Å². The Morgan fingerprint density at radius 1 is 1.03 bits per heavy atom. The van der Waals surface area contributed by atoms with Crippen molar-refractivity contribution in [2.24, 2.45) is 0 Å². The van der Waals surface area contributed by atoms with Gasteiger partial charge in [-0.2, -0.15) is 0 Å². The van der Waals surface area contributed by atoms with E-state index in [0.29, 0.717) is 17.9 Å². The lowest BCUT2D eigenvalue weighted by Crippen LogP contribution is -2.27. The van der Waals surface area contributed by atoms with E-state index in [1.54, 1.807) is 19.2 Å². The van der Waals surface area contributed by atoms with Crippen LogP contribution in [0.25, 0.3) is 0 Å². The van der Waals surface area contributed by atoms with Crippen LogP contribution in [0.4, 0.5) is 14.9 Å². The Morgan fingerprint density at radius 3 is 2.21 bits per heavy atom. The second-order valence-electron chi connectivity index (χ2n) is 9.43. The van der Waals surface area contributed by atoms with Gasteiger partial charge in [-0.3, -0.25) is 5.32 Å². The van der Waals surface area contributed by atoms with Gasteiger partial charge in [0.2, 0.25) is 0 Å². The van der Waals surface area contributed by atoms with Crippen LogP contribution in [0.1, 0.15) is 60.3 Å². The molecule has 0 heterocycles. The van der Waals surface area contributed by atoms with E-state index in [1.165, 1.54) is 12.1 Å². The summed E-state index contributed by atoms with van der Waals surface area (Å²) in [7, 11) is 1.60. The van der Waals surface area contributed by atoms with E-state index >= 15 is 0 Å². The van der Waals surface area contributed by atoms with E-state index in [-0.39, 0.29) is 5.82 Å². The van der Waals surface area contributed by atoms with Gasteiger partial charge in [-0.15, -0.1) is 0 Å². The SMILES string of the molecule is COc1ccc(C(O)c2c(C)cc(NC(=O)OC(C)(C)C)cc2C)cc1Cc1ccc(F)cc1. The number of carbonyl (C=O) groups is 1. The first-order chi connectivity index (χ1) is 16.0. The molecule has 0 aliphatic heterocycles. The number of nitrogens with one attached hydrogen (secondary N) is 1. The van der Waals surface area contributed by atoms with Crippen molar-refractivity contribution in [3.05, 3.63) is 93.8 Å². The second-order valence-corrected chi connectivity index (χ2v) is 9.43. The van der Waals surface area contributed by atoms with Crippen LogP contribution in [0.2, 0.25) is 0 Å². The van der Waals surface area contributed by atoms with Crippen LogP contribution >= 0.6 is 0 Å². The highest BCUT2D eigenvalue weighted by Crippen LogP contribution is 2.33. The molecule has 5 nitrogen and oxygen atoms in total. The Hall–Kier alpha value is -3.38. The fourth-order valence-corrected chi connectivity index (χ4v) is 4.00. The molecule has 0 aromatic heterocycles. The smallest absolute Gasteiger partial charge is 0.412 e. The van der Waals surface area contributed by atoms with E-state index < -0.39 is 17.8 Å². The summed E-state index contributed by atoms with van der Waals surface area (Å²) < 4.78 is 24.1. The number of aryl methyl sites for hydroxylation is 2. The number of aliphatic hydroxyl groups excluding tert-OH is 1. The lowest BCUT2D eigenvalue weighted by Gasteiger charge is -2.22. The molecular formula is C28H32FNO4. The average molecular weight is 466 g/mol. The van der Waals surface area contributed by atoms with Crippen LogP contribution in [0, 0.1) is 19.7 Å². The Labute approximate surface area is 200 Å². The summed E-state index contributed by atoms with van der Waals surface area (Å²) in [4.78, 5) is 12.1. The summed E-state index contributed by atoms with van der Waals surface area (Å²) in [5, 5.41) is 14.0. The lowest BCUT2D eigenvalue weighted by molar-refractivity contribution is 0.0636. The van der Waals surface area contributed by atoms with Crippen LogP contribution in [0.15, 0.2) is 54.6 Å². The fourth-order valence-electron chi connectivity index (χ4n) is 4.00. The van der Waals surface area contributed by atoms with E-state index in [1.807, 2.05) is 65.0 Å². The largest absolute Gasteiger partial charge is 0.496 e. The number of methoxy groups -OCH3 is 1. The number of halogens is 1. The second kappa shape index (κ2) is 10.3. The van der Waals surface area contributed by atoms with E-state index in [4.69, 9.17) is 9.47 Å². The molecule has 0 spiro atoms. The number of carbonyl (C=O) groups excluding carboxylic acids is 1. The van der Waals surface area contributed by atoms with Crippen molar-refractivity contribution in [3.8, 4) is 5.75 Å². The van der Waals surface area contributed by atoms with E-state index in [0.717, 1.165) is 33.4 Å². The van der Waals surface area contributed by atoms with Gasteiger partial charge >= 0.3 is 6.09 Å². The number of amides is 1. The van der Waals surface area contributed by atoms with Crippen molar-refractivity contribution < 1.29 is 23.8 Å². The van der Waals surface area contributed by atoms with Gasteiger partial charge in [-0.1, -0.05) is 18.2 Å². The van der Waals surface area contributed by atoms with Crippen molar-refractivity contribution in [1.82, 2.24) is 0 Å². The van der Waals surface area contributed by atoms with Crippen molar-refractivity contribution in [3.63, 3.8) is 0 Å². The quantitative estimate of drug-likeness (QED) is 0.438. The standard InChI is InChI=1S/C28H32FNO4/c1-17-13-23(30-27(32)34-28(3,4)5)14-18(2)25(17)26(31)20-9-12-24(33-6)21(16-20)15-19-7-10-22(29)11-8-19/h7-14,16,26,31H,15H2,1-6H3,(H,30,32). The summed E-state index contributed by atoms with van der Waals surface area (Å²) in [5.41, 5.74) is 5.02.